The molecule has 0 saturated carbocycles. The normalized spacial score (nSPS) is 17.9. The van der Waals surface area contributed by atoms with E-state index in [0.717, 1.165) is 25.0 Å². The lowest BCUT2D eigenvalue weighted by Crippen LogP contribution is -2.37. The van der Waals surface area contributed by atoms with Crippen LogP contribution in [0.2, 0.25) is 0 Å². The van der Waals surface area contributed by atoms with Gasteiger partial charge < -0.3 is 14.4 Å². The van der Waals surface area contributed by atoms with Gasteiger partial charge in [-0.2, -0.15) is 0 Å². The third-order valence-electron chi connectivity index (χ3n) is 3.58. The molecule has 5 heteroatoms. The zero-order valence-electron chi connectivity index (χ0n) is 12.4. The van der Waals surface area contributed by atoms with E-state index < -0.39 is 0 Å². The molecule has 0 spiro atoms. The second-order valence-corrected chi connectivity index (χ2v) is 5.28. The van der Waals surface area contributed by atoms with Gasteiger partial charge in [-0.1, -0.05) is 12.1 Å². The summed E-state index contributed by atoms with van der Waals surface area (Å²) in [6, 6.07) is 6.36. The van der Waals surface area contributed by atoms with Crippen molar-refractivity contribution in [3.05, 3.63) is 35.6 Å². The molecule has 1 heterocycles. The molecule has 2 rings (SSSR count). The molecular weight excluding hydrogens is 273 g/mol. The van der Waals surface area contributed by atoms with Gasteiger partial charge in [0.2, 0.25) is 5.91 Å². The molecule has 21 heavy (non-hydrogen) atoms. The molecule has 0 aromatic heterocycles. The molecular formula is C16H22FNO3. The van der Waals surface area contributed by atoms with Gasteiger partial charge in [0.05, 0.1) is 19.1 Å². The van der Waals surface area contributed by atoms with Crippen molar-refractivity contribution < 1.29 is 18.7 Å². The molecule has 1 atom stereocenters. The molecule has 0 radical (unpaired) electrons. The Kier molecular flexibility index (Phi) is 6.14. The number of amides is 1. The summed E-state index contributed by atoms with van der Waals surface area (Å²) in [5, 5.41) is 0. The summed E-state index contributed by atoms with van der Waals surface area (Å²) in [4.78, 5) is 14.0. The van der Waals surface area contributed by atoms with Crippen LogP contribution in [0.5, 0.6) is 0 Å². The fourth-order valence-electron chi connectivity index (χ4n) is 2.49. The van der Waals surface area contributed by atoms with Crippen molar-refractivity contribution in [2.45, 2.75) is 31.9 Å². The average molecular weight is 295 g/mol. The third-order valence-corrected chi connectivity index (χ3v) is 3.58. The first-order valence-electron chi connectivity index (χ1n) is 7.32. The maximum absolute atomic E-state index is 13.3. The number of hydrogen-bond donors (Lipinski definition) is 0. The van der Waals surface area contributed by atoms with E-state index in [1.165, 1.54) is 12.1 Å². The first-order chi connectivity index (χ1) is 10.2. The van der Waals surface area contributed by atoms with E-state index >= 15 is 0 Å². The largest absolute Gasteiger partial charge is 0.384 e. The van der Waals surface area contributed by atoms with Crippen molar-refractivity contribution in [3.63, 3.8) is 0 Å². The number of rotatable bonds is 7. The lowest BCUT2D eigenvalue weighted by Gasteiger charge is -2.25. The highest BCUT2D eigenvalue weighted by Crippen LogP contribution is 2.16. The number of ether oxygens (including phenoxy) is 2. The highest BCUT2D eigenvalue weighted by molar-refractivity contribution is 5.76. The number of carbonyl (C=O) groups is 1. The maximum Gasteiger partial charge on any atom is 0.225 e. The minimum absolute atomic E-state index is 0.0108. The summed E-state index contributed by atoms with van der Waals surface area (Å²) in [6.45, 7) is 2.11. The van der Waals surface area contributed by atoms with Crippen molar-refractivity contribution >= 4 is 5.91 Å². The fourth-order valence-corrected chi connectivity index (χ4v) is 2.49. The molecule has 1 aromatic carbocycles. The van der Waals surface area contributed by atoms with Crippen LogP contribution < -0.4 is 0 Å². The Balaban J connectivity index is 2.01. The van der Waals surface area contributed by atoms with Crippen LogP contribution in [0.1, 0.15) is 24.8 Å². The van der Waals surface area contributed by atoms with Crippen molar-refractivity contribution in [1.82, 2.24) is 4.90 Å². The summed E-state index contributed by atoms with van der Waals surface area (Å²) in [7, 11) is 1.57. The first-order valence-corrected chi connectivity index (χ1v) is 7.32. The average Bonchev–Trinajstić information content (AvgIpc) is 2.97. The van der Waals surface area contributed by atoms with E-state index in [9.17, 15) is 9.18 Å². The van der Waals surface area contributed by atoms with E-state index in [2.05, 4.69) is 0 Å². The highest BCUT2D eigenvalue weighted by Gasteiger charge is 2.22. The maximum atomic E-state index is 13.3. The van der Waals surface area contributed by atoms with Crippen LogP contribution in [0.3, 0.4) is 0 Å². The zero-order chi connectivity index (χ0) is 15.1. The van der Waals surface area contributed by atoms with Gasteiger partial charge >= 0.3 is 0 Å². The van der Waals surface area contributed by atoms with Crippen LogP contribution in [0.15, 0.2) is 24.3 Å². The Morgan fingerprint density at radius 1 is 1.52 bits per heavy atom. The van der Waals surface area contributed by atoms with Crippen LogP contribution in [-0.2, 0) is 20.8 Å². The first kappa shape index (κ1) is 15.9. The molecule has 0 bridgehead atoms. The second kappa shape index (κ2) is 8.10. The van der Waals surface area contributed by atoms with Gasteiger partial charge in [-0.05, 0) is 30.5 Å². The van der Waals surface area contributed by atoms with Gasteiger partial charge in [0.1, 0.15) is 5.82 Å². The van der Waals surface area contributed by atoms with E-state index in [0.29, 0.717) is 26.1 Å². The van der Waals surface area contributed by atoms with Crippen LogP contribution in [0, 0.1) is 5.82 Å². The second-order valence-electron chi connectivity index (χ2n) is 5.28. The lowest BCUT2D eigenvalue weighted by molar-refractivity contribution is -0.134. The van der Waals surface area contributed by atoms with E-state index in [1.54, 1.807) is 18.1 Å². The molecule has 1 aromatic rings. The van der Waals surface area contributed by atoms with Gasteiger partial charge in [-0.15, -0.1) is 0 Å². The summed E-state index contributed by atoms with van der Waals surface area (Å²) >= 11 is 0. The zero-order valence-corrected chi connectivity index (χ0v) is 12.4. The number of nitrogens with zero attached hydrogens (tertiary/aromatic N) is 1. The van der Waals surface area contributed by atoms with Gasteiger partial charge in [-0.3, -0.25) is 4.79 Å². The molecule has 1 aliphatic heterocycles. The predicted octanol–water partition coefficient (Wildman–Crippen LogP) is 2.37. The Morgan fingerprint density at radius 2 is 2.38 bits per heavy atom. The quantitative estimate of drug-likeness (QED) is 0.775. The van der Waals surface area contributed by atoms with Crippen LogP contribution in [0.4, 0.5) is 4.39 Å². The SMILES string of the molecule is COCCC(=O)N(Cc1cccc(F)c1)C[C@@H]1CCCO1. The van der Waals surface area contributed by atoms with Crippen molar-refractivity contribution in [3.8, 4) is 0 Å². The Labute approximate surface area is 124 Å². The summed E-state index contributed by atoms with van der Waals surface area (Å²) in [6.07, 6.45) is 2.42. The standard InChI is InChI=1S/C16H22FNO3/c1-20-9-7-16(19)18(12-15-6-3-8-21-15)11-13-4-2-5-14(17)10-13/h2,4-5,10,15H,3,6-9,11-12H2,1H3/t15-/m0/s1. The van der Waals surface area contributed by atoms with Crippen molar-refractivity contribution in [1.29, 1.82) is 0 Å². The number of halogens is 1. The van der Waals surface area contributed by atoms with Crippen molar-refractivity contribution in [2.24, 2.45) is 0 Å². The minimum atomic E-state index is -0.283. The van der Waals surface area contributed by atoms with E-state index in [4.69, 9.17) is 9.47 Å². The van der Waals surface area contributed by atoms with Gasteiger partial charge in [0.25, 0.3) is 0 Å². The summed E-state index contributed by atoms with van der Waals surface area (Å²) in [5.41, 5.74) is 0.791. The number of benzene rings is 1. The fraction of sp³-hybridized carbons (Fsp3) is 0.562. The van der Waals surface area contributed by atoms with Crippen LogP contribution >= 0.6 is 0 Å². The molecule has 1 fully saturated rings. The lowest BCUT2D eigenvalue weighted by atomic mass is 10.1. The number of methoxy groups -OCH3 is 1. The smallest absolute Gasteiger partial charge is 0.225 e. The van der Waals surface area contributed by atoms with Gasteiger partial charge in [-0.25, -0.2) is 4.39 Å². The third kappa shape index (κ3) is 5.10. The van der Waals surface area contributed by atoms with Crippen LogP contribution in [0.25, 0.3) is 0 Å². The van der Waals surface area contributed by atoms with E-state index in [1.807, 2.05) is 6.07 Å². The van der Waals surface area contributed by atoms with Crippen molar-refractivity contribution in [2.75, 3.05) is 26.9 Å². The highest BCUT2D eigenvalue weighted by atomic mass is 19.1. The number of hydrogen-bond acceptors (Lipinski definition) is 3. The predicted molar refractivity (Wildman–Crippen MR) is 77.3 cm³/mol. The van der Waals surface area contributed by atoms with Crippen LogP contribution in [-0.4, -0.2) is 43.8 Å². The topological polar surface area (TPSA) is 38.8 Å². The monoisotopic (exact) mass is 295 g/mol. The Bertz CT molecular complexity index is 461. The number of carbonyl (C=O) groups excluding carboxylic acids is 1. The summed E-state index contributed by atoms with van der Waals surface area (Å²) in [5.74, 6) is -0.273. The molecule has 0 aliphatic carbocycles. The molecule has 0 unspecified atom stereocenters. The molecule has 1 aliphatic rings. The van der Waals surface area contributed by atoms with Gasteiger partial charge in [0.15, 0.2) is 0 Å². The molecule has 1 amide bonds. The molecule has 1 saturated heterocycles. The van der Waals surface area contributed by atoms with E-state index in [-0.39, 0.29) is 17.8 Å². The minimum Gasteiger partial charge on any atom is -0.384 e. The molecule has 4 nitrogen and oxygen atoms in total. The Morgan fingerprint density at radius 3 is 3.05 bits per heavy atom. The Hall–Kier alpha value is -1.46. The molecule has 0 N–H and O–H groups in total. The summed E-state index contributed by atoms with van der Waals surface area (Å²) < 4.78 is 23.8. The van der Waals surface area contributed by atoms with Gasteiger partial charge in [0, 0.05) is 26.8 Å². The molecule has 116 valence electrons.